The van der Waals surface area contributed by atoms with Crippen LogP contribution in [0.1, 0.15) is 37.0 Å². The Morgan fingerprint density at radius 2 is 2.00 bits per heavy atom. The molecule has 1 aliphatic carbocycles. The molecule has 0 bridgehead atoms. The Kier molecular flexibility index (Phi) is 7.07. The summed E-state index contributed by atoms with van der Waals surface area (Å²) in [4.78, 5) is 34.1. The number of aliphatic hydroxyl groups excluding tert-OH is 1. The number of carbonyl (C=O) groups is 2. The molecule has 0 unspecified atom stereocenters. The first-order valence-corrected chi connectivity index (χ1v) is 11.8. The molecule has 1 N–H and O–H groups in total. The van der Waals surface area contributed by atoms with Gasteiger partial charge in [0.1, 0.15) is 17.4 Å². The lowest BCUT2D eigenvalue weighted by atomic mass is 9.99. The van der Waals surface area contributed by atoms with E-state index < -0.39 is 0 Å². The van der Waals surface area contributed by atoms with Gasteiger partial charge in [-0.3, -0.25) is 9.59 Å². The van der Waals surface area contributed by atoms with Crippen molar-refractivity contribution in [1.29, 1.82) is 0 Å². The number of carbonyl (C=O) groups excluding carboxylic acids is 2. The Morgan fingerprint density at radius 1 is 1.29 bits per heavy atom. The zero-order valence-corrected chi connectivity index (χ0v) is 20.2. The fourth-order valence-electron chi connectivity index (χ4n) is 4.26. The van der Waals surface area contributed by atoms with Gasteiger partial charge in [0.2, 0.25) is 11.8 Å². The van der Waals surface area contributed by atoms with Gasteiger partial charge in [-0.2, -0.15) is 0 Å². The predicted molar refractivity (Wildman–Crippen MR) is 128 cm³/mol. The van der Waals surface area contributed by atoms with Crippen LogP contribution in [0.25, 0.3) is 11.1 Å². The second-order valence-corrected chi connectivity index (χ2v) is 9.42. The number of fused-ring (bicyclic) bond motifs is 1. The molecule has 0 spiro atoms. The molecule has 8 nitrogen and oxygen atoms in total. The minimum absolute atomic E-state index is 0.0661. The van der Waals surface area contributed by atoms with E-state index in [1.807, 2.05) is 38.1 Å². The van der Waals surface area contributed by atoms with Crippen molar-refractivity contribution in [3.63, 3.8) is 0 Å². The molecule has 8 heteroatoms. The molecule has 1 aromatic heterocycles. The van der Waals surface area contributed by atoms with Gasteiger partial charge in [0.15, 0.2) is 0 Å². The maximum Gasteiger partial charge on any atom is 0.259 e. The van der Waals surface area contributed by atoms with Gasteiger partial charge in [0, 0.05) is 37.2 Å². The molecule has 2 aliphatic rings. The van der Waals surface area contributed by atoms with E-state index in [2.05, 4.69) is 4.98 Å². The van der Waals surface area contributed by atoms with Crippen molar-refractivity contribution in [1.82, 2.24) is 14.8 Å². The van der Waals surface area contributed by atoms with Crippen molar-refractivity contribution in [2.45, 2.75) is 38.8 Å². The van der Waals surface area contributed by atoms with Crippen molar-refractivity contribution < 1.29 is 24.2 Å². The summed E-state index contributed by atoms with van der Waals surface area (Å²) in [5.41, 5.74) is 2.02. The lowest BCUT2D eigenvalue weighted by Crippen LogP contribution is -2.50. The maximum atomic E-state index is 13.6. The number of hydrogen-bond donors (Lipinski definition) is 1. The number of methoxy groups -OCH3 is 1. The van der Waals surface area contributed by atoms with Crippen molar-refractivity contribution in [2.75, 3.05) is 33.9 Å². The zero-order chi connectivity index (χ0) is 24.4. The molecule has 1 aromatic carbocycles. The van der Waals surface area contributed by atoms with Gasteiger partial charge in [0.05, 0.1) is 26.3 Å². The first-order chi connectivity index (χ1) is 16.3. The molecule has 2 amide bonds. The van der Waals surface area contributed by atoms with Crippen LogP contribution < -0.4 is 9.47 Å². The number of likely N-dealkylation sites (N-methyl/N-ethyl adjacent to an activating group) is 1. The first kappa shape index (κ1) is 24.0. The summed E-state index contributed by atoms with van der Waals surface area (Å²) < 4.78 is 11.5. The number of benzene rings is 1. The number of nitrogens with zero attached hydrogens (tertiary/aromatic N) is 3. The molecule has 4 rings (SSSR count). The molecule has 0 saturated heterocycles. The number of amides is 2. The van der Waals surface area contributed by atoms with Gasteiger partial charge in [-0.05, 0) is 43.5 Å². The van der Waals surface area contributed by atoms with Gasteiger partial charge < -0.3 is 24.4 Å². The Morgan fingerprint density at radius 3 is 2.62 bits per heavy atom. The van der Waals surface area contributed by atoms with Crippen LogP contribution in [0.3, 0.4) is 0 Å². The highest BCUT2D eigenvalue weighted by Gasteiger charge is 2.37. The Labute approximate surface area is 200 Å². The number of hydrogen-bond acceptors (Lipinski definition) is 6. The fourth-order valence-corrected chi connectivity index (χ4v) is 4.26. The monoisotopic (exact) mass is 467 g/mol. The third-order valence-corrected chi connectivity index (χ3v) is 6.70. The van der Waals surface area contributed by atoms with Crippen molar-refractivity contribution in [3.8, 4) is 22.8 Å². The average molecular weight is 468 g/mol. The molecule has 34 heavy (non-hydrogen) atoms. The van der Waals surface area contributed by atoms with Crippen LogP contribution in [-0.4, -0.2) is 77.7 Å². The second kappa shape index (κ2) is 10.0. The lowest BCUT2D eigenvalue weighted by molar-refractivity contribution is -0.132. The van der Waals surface area contributed by atoms with Crippen LogP contribution in [0.2, 0.25) is 0 Å². The number of ether oxygens (including phenoxy) is 2. The molecule has 1 saturated carbocycles. The highest BCUT2D eigenvalue weighted by atomic mass is 16.5. The second-order valence-electron chi connectivity index (χ2n) is 9.42. The van der Waals surface area contributed by atoms with Crippen LogP contribution in [-0.2, 0) is 4.79 Å². The summed E-state index contributed by atoms with van der Waals surface area (Å²) in [6.45, 7) is 4.49. The van der Waals surface area contributed by atoms with Gasteiger partial charge in [-0.15, -0.1) is 0 Å². The largest absolute Gasteiger partial charge is 0.497 e. The molecule has 182 valence electrons. The highest BCUT2D eigenvalue weighted by molar-refractivity contribution is 5.98. The molecular weight excluding hydrogens is 434 g/mol. The highest BCUT2D eigenvalue weighted by Crippen LogP contribution is 2.33. The zero-order valence-electron chi connectivity index (χ0n) is 20.2. The topological polar surface area (TPSA) is 92.2 Å². The van der Waals surface area contributed by atoms with Gasteiger partial charge >= 0.3 is 0 Å². The van der Waals surface area contributed by atoms with Crippen LogP contribution in [0.5, 0.6) is 11.6 Å². The van der Waals surface area contributed by atoms with E-state index in [1.165, 1.54) is 0 Å². The number of pyridine rings is 1. The van der Waals surface area contributed by atoms with E-state index in [0.717, 1.165) is 29.7 Å². The molecule has 1 fully saturated rings. The quantitative estimate of drug-likeness (QED) is 0.673. The minimum Gasteiger partial charge on any atom is -0.497 e. The third-order valence-electron chi connectivity index (χ3n) is 6.70. The summed E-state index contributed by atoms with van der Waals surface area (Å²) in [7, 11) is 3.41. The first-order valence-electron chi connectivity index (χ1n) is 11.8. The summed E-state index contributed by atoms with van der Waals surface area (Å²) in [6.07, 6.45) is 3.24. The summed E-state index contributed by atoms with van der Waals surface area (Å²) in [5.74, 6) is 0.959. The van der Waals surface area contributed by atoms with Gasteiger partial charge in [0.25, 0.3) is 5.91 Å². The lowest BCUT2D eigenvalue weighted by Gasteiger charge is -2.37. The fraction of sp³-hybridized carbons (Fsp3) is 0.500. The number of aliphatic hydroxyl groups is 1. The maximum absolute atomic E-state index is 13.6. The van der Waals surface area contributed by atoms with E-state index >= 15 is 0 Å². The number of rotatable bonds is 7. The summed E-state index contributed by atoms with van der Waals surface area (Å²) in [5, 5.41) is 9.83. The Hall–Kier alpha value is -3.13. The van der Waals surface area contributed by atoms with E-state index in [4.69, 9.17) is 9.47 Å². The SMILES string of the molecule is COc1ccc(-c2cnc3c(c2)C(=O)N([C@@H](C)CO)C[C@@H](C)[C@H](CN(C)C(=O)C2CC2)O3)cc1. The molecule has 2 aromatic rings. The van der Waals surface area contributed by atoms with Crippen molar-refractivity contribution in [2.24, 2.45) is 11.8 Å². The minimum atomic E-state index is -0.364. The smallest absolute Gasteiger partial charge is 0.259 e. The summed E-state index contributed by atoms with van der Waals surface area (Å²) >= 11 is 0. The Balaban J connectivity index is 1.68. The van der Waals surface area contributed by atoms with Crippen molar-refractivity contribution in [3.05, 3.63) is 42.1 Å². The molecule has 2 heterocycles. The van der Waals surface area contributed by atoms with E-state index in [-0.39, 0.29) is 48.3 Å². The van der Waals surface area contributed by atoms with E-state index in [0.29, 0.717) is 18.7 Å². The van der Waals surface area contributed by atoms with E-state index in [9.17, 15) is 14.7 Å². The van der Waals surface area contributed by atoms with Gasteiger partial charge in [-0.25, -0.2) is 4.98 Å². The van der Waals surface area contributed by atoms with E-state index in [1.54, 1.807) is 36.2 Å². The Bertz CT molecular complexity index is 1040. The standard InChI is InChI=1S/C26H33N3O5/c1-16-13-29(17(2)15-30)26(32)22-11-20(18-7-9-21(33-4)10-8-18)12-27-24(22)34-23(16)14-28(3)25(31)19-5-6-19/h7-12,16-17,19,23,30H,5-6,13-15H2,1-4H3/t16-,17+,23+/m1/s1. The van der Waals surface area contributed by atoms with Crippen molar-refractivity contribution >= 4 is 11.8 Å². The summed E-state index contributed by atoms with van der Waals surface area (Å²) in [6, 6.07) is 8.96. The molecular formula is C26H33N3O5. The van der Waals surface area contributed by atoms with Crippen LogP contribution >= 0.6 is 0 Å². The average Bonchev–Trinajstić information content (AvgIpc) is 3.70. The van der Waals surface area contributed by atoms with Gasteiger partial charge in [-0.1, -0.05) is 19.1 Å². The molecule has 1 aliphatic heterocycles. The van der Waals surface area contributed by atoms with Crippen LogP contribution in [0.15, 0.2) is 36.5 Å². The normalized spacial score (nSPS) is 21.1. The van der Waals surface area contributed by atoms with Crippen LogP contribution in [0.4, 0.5) is 0 Å². The molecule has 3 atom stereocenters. The molecule has 0 radical (unpaired) electrons. The third kappa shape index (κ3) is 5.01. The number of aromatic nitrogens is 1. The van der Waals surface area contributed by atoms with Crippen LogP contribution in [0, 0.1) is 11.8 Å². The predicted octanol–water partition coefficient (Wildman–Crippen LogP) is 2.85.